The van der Waals surface area contributed by atoms with Crippen LogP contribution in [0.5, 0.6) is 5.75 Å². The third-order valence-electron chi connectivity index (χ3n) is 2.78. The first-order valence-electron chi connectivity index (χ1n) is 6.39. The molecule has 2 aromatic rings. The lowest BCUT2D eigenvalue weighted by atomic mass is 10.1. The first-order chi connectivity index (χ1) is 9.63. The van der Waals surface area contributed by atoms with Crippen molar-refractivity contribution >= 4 is 11.6 Å². The Bertz CT molecular complexity index is 607. The normalized spacial score (nSPS) is 10.3. The van der Waals surface area contributed by atoms with Crippen molar-refractivity contribution in [3.05, 3.63) is 42.0 Å². The number of imidazole rings is 1. The van der Waals surface area contributed by atoms with Gasteiger partial charge in [0.05, 0.1) is 12.9 Å². The van der Waals surface area contributed by atoms with Gasteiger partial charge in [-0.25, -0.2) is 4.98 Å². The molecule has 20 heavy (non-hydrogen) atoms. The van der Waals surface area contributed by atoms with Crippen molar-refractivity contribution in [1.29, 1.82) is 0 Å². The lowest BCUT2D eigenvalue weighted by Crippen LogP contribution is -2.13. The zero-order valence-electron chi connectivity index (χ0n) is 11.6. The Morgan fingerprint density at radius 2 is 2.30 bits per heavy atom. The van der Waals surface area contributed by atoms with Crippen LogP contribution in [0.3, 0.4) is 0 Å². The minimum Gasteiger partial charge on any atom is -0.494 e. The van der Waals surface area contributed by atoms with E-state index in [-0.39, 0.29) is 5.91 Å². The van der Waals surface area contributed by atoms with Crippen molar-refractivity contribution in [1.82, 2.24) is 9.55 Å². The van der Waals surface area contributed by atoms with Crippen molar-refractivity contribution in [3.8, 4) is 5.75 Å². The number of hydrogen-bond donors (Lipinski definition) is 2. The highest BCUT2D eigenvalue weighted by molar-refractivity contribution is 6.02. The van der Waals surface area contributed by atoms with E-state index in [1.165, 1.54) is 0 Å². The molecule has 0 radical (unpaired) electrons. The smallest absolute Gasteiger partial charge is 0.275 e. The summed E-state index contributed by atoms with van der Waals surface area (Å²) < 4.78 is 7.19. The van der Waals surface area contributed by atoms with Gasteiger partial charge in [-0.2, -0.15) is 0 Å². The second-order valence-electron chi connectivity index (χ2n) is 4.34. The van der Waals surface area contributed by atoms with E-state index in [2.05, 4.69) is 10.3 Å². The fourth-order valence-electron chi connectivity index (χ4n) is 1.84. The van der Waals surface area contributed by atoms with Crippen molar-refractivity contribution in [3.63, 3.8) is 0 Å². The first-order valence-corrected chi connectivity index (χ1v) is 6.39. The molecule has 0 aliphatic heterocycles. The zero-order valence-corrected chi connectivity index (χ0v) is 11.6. The van der Waals surface area contributed by atoms with Gasteiger partial charge in [0, 0.05) is 31.0 Å². The van der Waals surface area contributed by atoms with Crippen LogP contribution in [-0.2, 0) is 13.6 Å². The zero-order chi connectivity index (χ0) is 14.5. The lowest BCUT2D eigenvalue weighted by Gasteiger charge is -2.11. The molecule has 0 saturated heterocycles. The Morgan fingerprint density at radius 1 is 1.50 bits per heavy atom. The second-order valence-corrected chi connectivity index (χ2v) is 4.34. The third-order valence-corrected chi connectivity index (χ3v) is 2.78. The molecule has 0 aliphatic rings. The summed E-state index contributed by atoms with van der Waals surface area (Å²) in [4.78, 5) is 16.0. The van der Waals surface area contributed by atoms with E-state index in [1.54, 1.807) is 29.2 Å². The van der Waals surface area contributed by atoms with Gasteiger partial charge in [0.15, 0.2) is 0 Å². The molecule has 0 atom stereocenters. The molecule has 0 aliphatic carbocycles. The molecule has 2 rings (SSSR count). The molecule has 0 fully saturated rings. The molecule has 6 heteroatoms. The number of amides is 1. The summed E-state index contributed by atoms with van der Waals surface area (Å²) in [7, 11) is 1.81. The van der Waals surface area contributed by atoms with Crippen LogP contribution in [0, 0.1) is 0 Å². The van der Waals surface area contributed by atoms with E-state index < -0.39 is 0 Å². The van der Waals surface area contributed by atoms with Gasteiger partial charge >= 0.3 is 0 Å². The molecule has 1 aromatic carbocycles. The highest BCUT2D eigenvalue weighted by Gasteiger charge is 2.10. The van der Waals surface area contributed by atoms with Gasteiger partial charge < -0.3 is 20.4 Å². The number of aryl methyl sites for hydroxylation is 1. The summed E-state index contributed by atoms with van der Waals surface area (Å²) in [6, 6.07) is 5.40. The van der Waals surface area contributed by atoms with Gasteiger partial charge in [-0.1, -0.05) is 0 Å². The number of nitrogens with two attached hydrogens (primary N) is 1. The van der Waals surface area contributed by atoms with Gasteiger partial charge in [0.1, 0.15) is 11.4 Å². The van der Waals surface area contributed by atoms with Crippen LogP contribution in [0.4, 0.5) is 5.69 Å². The SMILES string of the molecule is CCOc1ccc(NC(=O)c2cn(C)cn2)cc1CN. The highest BCUT2D eigenvalue weighted by Crippen LogP contribution is 2.22. The van der Waals surface area contributed by atoms with Crippen LogP contribution in [-0.4, -0.2) is 22.1 Å². The van der Waals surface area contributed by atoms with Crippen molar-refractivity contribution in [2.75, 3.05) is 11.9 Å². The molecule has 1 amide bonds. The summed E-state index contributed by atoms with van der Waals surface area (Å²) in [5.41, 5.74) is 7.58. The van der Waals surface area contributed by atoms with Gasteiger partial charge in [0.25, 0.3) is 5.91 Å². The summed E-state index contributed by atoms with van der Waals surface area (Å²) in [5.74, 6) is 0.489. The Hall–Kier alpha value is -2.34. The Kier molecular flexibility index (Phi) is 4.37. The second kappa shape index (κ2) is 6.21. The number of carbonyl (C=O) groups excluding carboxylic acids is 1. The van der Waals surface area contributed by atoms with Crippen molar-refractivity contribution in [2.24, 2.45) is 12.8 Å². The average molecular weight is 274 g/mol. The summed E-state index contributed by atoms with van der Waals surface area (Å²) in [5, 5.41) is 2.79. The number of rotatable bonds is 5. The topological polar surface area (TPSA) is 82.2 Å². The lowest BCUT2D eigenvalue weighted by molar-refractivity contribution is 0.102. The molecule has 0 spiro atoms. The molecular formula is C14H18N4O2. The minimum absolute atomic E-state index is 0.252. The Labute approximate surface area is 117 Å². The quantitative estimate of drug-likeness (QED) is 0.866. The van der Waals surface area contributed by atoms with Crippen LogP contribution >= 0.6 is 0 Å². The standard InChI is InChI=1S/C14H18N4O2/c1-3-20-13-5-4-11(6-10(13)7-15)17-14(19)12-8-18(2)9-16-12/h4-6,8-9H,3,7,15H2,1-2H3,(H,17,19). The maximum atomic E-state index is 12.0. The molecule has 0 saturated carbocycles. The van der Waals surface area contributed by atoms with Crippen molar-refractivity contribution < 1.29 is 9.53 Å². The van der Waals surface area contributed by atoms with E-state index in [0.29, 0.717) is 24.5 Å². The molecule has 6 nitrogen and oxygen atoms in total. The maximum Gasteiger partial charge on any atom is 0.275 e. The van der Waals surface area contributed by atoms with E-state index in [4.69, 9.17) is 10.5 Å². The van der Waals surface area contributed by atoms with E-state index in [9.17, 15) is 4.79 Å². The first kappa shape index (κ1) is 14.1. The van der Waals surface area contributed by atoms with Crippen LogP contribution in [0.2, 0.25) is 0 Å². The van der Waals surface area contributed by atoms with Gasteiger partial charge in [-0.3, -0.25) is 4.79 Å². The number of nitrogens with one attached hydrogen (secondary N) is 1. The number of carbonyl (C=O) groups is 1. The number of anilines is 1. The summed E-state index contributed by atoms with van der Waals surface area (Å²) >= 11 is 0. The molecule has 3 N–H and O–H groups in total. The largest absolute Gasteiger partial charge is 0.494 e. The maximum absolute atomic E-state index is 12.0. The fraction of sp³-hybridized carbons (Fsp3) is 0.286. The summed E-state index contributed by atoms with van der Waals surface area (Å²) in [6.45, 7) is 2.84. The molecular weight excluding hydrogens is 256 g/mol. The number of hydrogen-bond acceptors (Lipinski definition) is 4. The number of ether oxygens (including phenoxy) is 1. The third kappa shape index (κ3) is 3.16. The van der Waals surface area contributed by atoms with Crippen LogP contribution in [0.1, 0.15) is 23.0 Å². The predicted molar refractivity (Wildman–Crippen MR) is 76.7 cm³/mol. The average Bonchev–Trinajstić information content (AvgIpc) is 2.87. The van der Waals surface area contributed by atoms with Crippen LogP contribution in [0.15, 0.2) is 30.7 Å². The summed E-state index contributed by atoms with van der Waals surface area (Å²) in [6.07, 6.45) is 3.24. The van der Waals surface area contributed by atoms with E-state index >= 15 is 0 Å². The minimum atomic E-state index is -0.252. The van der Waals surface area contributed by atoms with Gasteiger partial charge in [-0.05, 0) is 25.1 Å². The molecule has 1 aromatic heterocycles. The van der Waals surface area contributed by atoms with Crippen molar-refractivity contribution in [2.45, 2.75) is 13.5 Å². The van der Waals surface area contributed by atoms with E-state index in [1.807, 2.05) is 20.0 Å². The predicted octanol–water partition coefficient (Wildman–Crippen LogP) is 1.53. The molecule has 106 valence electrons. The highest BCUT2D eigenvalue weighted by atomic mass is 16.5. The monoisotopic (exact) mass is 274 g/mol. The number of benzene rings is 1. The van der Waals surface area contributed by atoms with Crippen LogP contribution in [0.25, 0.3) is 0 Å². The van der Waals surface area contributed by atoms with E-state index in [0.717, 1.165) is 11.3 Å². The number of nitrogens with zero attached hydrogens (tertiary/aromatic N) is 2. The number of aromatic nitrogens is 2. The fourth-order valence-corrected chi connectivity index (χ4v) is 1.84. The van der Waals surface area contributed by atoms with Crippen LogP contribution < -0.4 is 15.8 Å². The Morgan fingerprint density at radius 3 is 2.90 bits per heavy atom. The van der Waals surface area contributed by atoms with Gasteiger partial charge in [-0.15, -0.1) is 0 Å². The van der Waals surface area contributed by atoms with Gasteiger partial charge in [0.2, 0.25) is 0 Å². The Balaban J connectivity index is 2.15. The molecule has 0 unspecified atom stereocenters. The molecule has 1 heterocycles. The molecule has 0 bridgehead atoms.